The Morgan fingerprint density at radius 1 is 0.909 bits per heavy atom. The van der Waals surface area contributed by atoms with Crippen LogP contribution in [0.25, 0.3) is 32.9 Å². The maximum atomic E-state index is 4.61. The van der Waals surface area contributed by atoms with Gasteiger partial charge in [-0.15, -0.1) is 0 Å². The Morgan fingerprint density at radius 2 is 1.68 bits per heavy atom. The number of benzene rings is 2. The molecule has 0 saturated carbocycles. The molecule has 0 unspecified atom stereocenters. The summed E-state index contributed by atoms with van der Waals surface area (Å²) in [4.78, 5) is 8.09. The van der Waals surface area contributed by atoms with Crippen molar-refractivity contribution in [2.75, 3.05) is 0 Å². The first-order valence-electron chi connectivity index (χ1n) is 7.17. The van der Waals surface area contributed by atoms with Gasteiger partial charge in [0.15, 0.2) is 0 Å². The molecule has 0 spiro atoms. The first-order valence-corrected chi connectivity index (χ1v) is 7.17. The van der Waals surface area contributed by atoms with Crippen molar-refractivity contribution in [2.45, 2.75) is 13.8 Å². The molecule has 2 nitrogen and oxygen atoms in total. The number of H-pyrrole nitrogens is 1. The molecule has 2 aromatic heterocycles. The predicted octanol–water partition coefficient (Wildman–Crippen LogP) is 4.35. The topological polar surface area (TPSA) is 28.7 Å². The number of nitrogens with one attached hydrogen (secondary N) is 1. The van der Waals surface area contributed by atoms with Crippen LogP contribution in [0.4, 0.5) is 0 Å². The Hall–Kier alpha value is -1.61. The van der Waals surface area contributed by atoms with Crippen molar-refractivity contribution < 1.29 is 0 Å². The second-order valence-electron chi connectivity index (χ2n) is 5.52. The minimum atomic E-state index is 0. The van der Waals surface area contributed by atoms with Gasteiger partial charge in [-0.2, -0.15) is 0 Å². The Kier molecular flexibility index (Phi) is 4.09. The second kappa shape index (κ2) is 5.88. The van der Waals surface area contributed by atoms with E-state index in [9.17, 15) is 0 Å². The standard InChI is InChI=1S/C19H16N2.Na.H/c1-12-13(2)21-19-17(12)9-10-20-18(19)16-8-7-14-5-3-4-6-15(14)11-16;;/h3-11,21H,1-2H3;;. The van der Waals surface area contributed by atoms with Crippen LogP contribution in [0.2, 0.25) is 0 Å². The van der Waals surface area contributed by atoms with Gasteiger partial charge >= 0.3 is 29.6 Å². The van der Waals surface area contributed by atoms with Crippen LogP contribution in [0.3, 0.4) is 0 Å². The third kappa shape index (κ3) is 2.38. The molecule has 1 N–H and O–H groups in total. The van der Waals surface area contributed by atoms with E-state index in [1.807, 2.05) is 6.20 Å². The van der Waals surface area contributed by atoms with E-state index in [0.29, 0.717) is 0 Å². The first kappa shape index (κ1) is 15.3. The van der Waals surface area contributed by atoms with Crippen LogP contribution >= 0.6 is 0 Å². The van der Waals surface area contributed by atoms with Gasteiger partial charge in [-0.3, -0.25) is 4.98 Å². The third-order valence-electron chi connectivity index (χ3n) is 4.25. The summed E-state index contributed by atoms with van der Waals surface area (Å²) in [5.74, 6) is 0. The normalized spacial score (nSPS) is 10.8. The van der Waals surface area contributed by atoms with Gasteiger partial charge in [0.1, 0.15) is 0 Å². The van der Waals surface area contributed by atoms with E-state index in [1.165, 1.54) is 27.4 Å². The van der Waals surface area contributed by atoms with Gasteiger partial charge in [-0.05, 0) is 42.3 Å². The molecule has 0 amide bonds. The van der Waals surface area contributed by atoms with E-state index in [2.05, 4.69) is 72.3 Å². The SMILES string of the molecule is Cc1[nH]c2c(-c3ccc4ccccc4c3)nccc2c1C.[NaH]. The van der Waals surface area contributed by atoms with Crippen molar-refractivity contribution in [1.29, 1.82) is 0 Å². The van der Waals surface area contributed by atoms with Crippen LogP contribution in [-0.2, 0) is 0 Å². The molecule has 22 heavy (non-hydrogen) atoms. The van der Waals surface area contributed by atoms with Gasteiger partial charge in [0.25, 0.3) is 0 Å². The van der Waals surface area contributed by atoms with Gasteiger partial charge in [0.2, 0.25) is 0 Å². The molecular formula is C19H17N2Na. The zero-order valence-electron chi connectivity index (χ0n) is 12.1. The number of aromatic nitrogens is 2. The Labute approximate surface area is 151 Å². The summed E-state index contributed by atoms with van der Waals surface area (Å²) in [5, 5.41) is 3.76. The molecule has 0 aliphatic rings. The Morgan fingerprint density at radius 3 is 2.50 bits per heavy atom. The maximum absolute atomic E-state index is 4.61. The third-order valence-corrected chi connectivity index (χ3v) is 4.25. The number of rotatable bonds is 1. The Bertz CT molecular complexity index is 970. The molecule has 0 bridgehead atoms. The van der Waals surface area contributed by atoms with Crippen molar-refractivity contribution >= 4 is 51.2 Å². The van der Waals surface area contributed by atoms with Crippen LogP contribution < -0.4 is 0 Å². The average Bonchev–Trinajstić information content (AvgIpc) is 2.82. The van der Waals surface area contributed by atoms with E-state index < -0.39 is 0 Å². The summed E-state index contributed by atoms with van der Waals surface area (Å²) in [7, 11) is 0. The van der Waals surface area contributed by atoms with Crippen LogP contribution in [0, 0.1) is 13.8 Å². The van der Waals surface area contributed by atoms with E-state index in [-0.39, 0.29) is 29.6 Å². The Balaban J connectivity index is 0.00000144. The first-order chi connectivity index (χ1) is 10.2. The molecular weight excluding hydrogens is 279 g/mol. The average molecular weight is 296 g/mol. The summed E-state index contributed by atoms with van der Waals surface area (Å²) in [6.07, 6.45) is 1.90. The molecule has 3 heteroatoms. The second-order valence-corrected chi connectivity index (χ2v) is 5.52. The zero-order chi connectivity index (χ0) is 14.4. The van der Waals surface area contributed by atoms with E-state index in [4.69, 9.17) is 0 Å². The number of pyridine rings is 1. The summed E-state index contributed by atoms with van der Waals surface area (Å²) < 4.78 is 0. The fourth-order valence-corrected chi connectivity index (χ4v) is 2.94. The monoisotopic (exact) mass is 296 g/mol. The van der Waals surface area contributed by atoms with Crippen molar-refractivity contribution in [3.63, 3.8) is 0 Å². The van der Waals surface area contributed by atoms with E-state index in [0.717, 1.165) is 16.8 Å². The van der Waals surface area contributed by atoms with Gasteiger partial charge in [-0.25, -0.2) is 0 Å². The zero-order valence-corrected chi connectivity index (χ0v) is 12.1. The molecule has 2 heterocycles. The molecule has 0 radical (unpaired) electrons. The summed E-state index contributed by atoms with van der Waals surface area (Å²) in [5.41, 5.74) is 5.81. The van der Waals surface area contributed by atoms with Crippen molar-refractivity contribution in [1.82, 2.24) is 9.97 Å². The summed E-state index contributed by atoms with van der Waals surface area (Å²) in [6, 6.07) is 17.0. The van der Waals surface area contributed by atoms with Crippen molar-refractivity contribution in [2.24, 2.45) is 0 Å². The van der Waals surface area contributed by atoms with Crippen LogP contribution in [0.15, 0.2) is 54.7 Å². The number of aryl methyl sites for hydroxylation is 2. The summed E-state index contributed by atoms with van der Waals surface area (Å²) >= 11 is 0. The van der Waals surface area contributed by atoms with E-state index in [1.54, 1.807) is 0 Å². The van der Waals surface area contributed by atoms with Gasteiger partial charge < -0.3 is 4.98 Å². The molecule has 0 aliphatic heterocycles. The molecule has 2 aromatic carbocycles. The van der Waals surface area contributed by atoms with Crippen LogP contribution in [-0.4, -0.2) is 39.5 Å². The van der Waals surface area contributed by atoms with E-state index >= 15 is 0 Å². The quantitative estimate of drug-likeness (QED) is 0.520. The van der Waals surface area contributed by atoms with Crippen molar-refractivity contribution in [3.8, 4) is 11.3 Å². The minimum absolute atomic E-state index is 0. The molecule has 0 fully saturated rings. The number of fused-ring (bicyclic) bond motifs is 2. The number of nitrogens with zero attached hydrogens (tertiary/aromatic N) is 1. The number of hydrogen-bond acceptors (Lipinski definition) is 1. The molecule has 0 aliphatic carbocycles. The fraction of sp³-hybridized carbons (Fsp3) is 0.105. The molecule has 0 atom stereocenters. The molecule has 4 aromatic rings. The fourth-order valence-electron chi connectivity index (χ4n) is 2.94. The van der Waals surface area contributed by atoms with Gasteiger partial charge in [0, 0.05) is 22.8 Å². The predicted molar refractivity (Wildman–Crippen MR) is 95.7 cm³/mol. The molecule has 0 saturated heterocycles. The van der Waals surface area contributed by atoms with Gasteiger partial charge in [0.05, 0.1) is 11.2 Å². The number of hydrogen-bond donors (Lipinski definition) is 1. The van der Waals surface area contributed by atoms with Crippen LogP contribution in [0.5, 0.6) is 0 Å². The molecule has 4 rings (SSSR count). The van der Waals surface area contributed by atoms with Crippen molar-refractivity contribution in [3.05, 3.63) is 66.0 Å². The van der Waals surface area contributed by atoms with Crippen LogP contribution in [0.1, 0.15) is 11.3 Å². The summed E-state index contributed by atoms with van der Waals surface area (Å²) in [6.45, 7) is 4.26. The number of aromatic amines is 1. The van der Waals surface area contributed by atoms with Gasteiger partial charge in [-0.1, -0.05) is 36.4 Å². The molecule has 104 valence electrons.